The molecular weight excluding hydrogens is 276 g/mol. The SMILES string of the molecule is CC(N)C1CCN(C(=O)OCc2ccccc2)CC1.Cl. The van der Waals surface area contributed by atoms with E-state index in [1.807, 2.05) is 37.3 Å². The van der Waals surface area contributed by atoms with E-state index in [2.05, 4.69) is 0 Å². The predicted octanol–water partition coefficient (Wildman–Crippen LogP) is 2.80. The highest BCUT2D eigenvalue weighted by Crippen LogP contribution is 2.20. The predicted molar refractivity (Wildman–Crippen MR) is 81.8 cm³/mol. The van der Waals surface area contributed by atoms with Crippen LogP contribution in [0.15, 0.2) is 30.3 Å². The largest absolute Gasteiger partial charge is 0.445 e. The molecule has 20 heavy (non-hydrogen) atoms. The molecule has 0 saturated carbocycles. The number of benzene rings is 1. The Morgan fingerprint density at radius 1 is 1.35 bits per heavy atom. The molecule has 0 radical (unpaired) electrons. The second kappa shape index (κ2) is 8.12. The standard InChI is InChI=1S/C15H22N2O2.ClH/c1-12(16)14-7-9-17(10-8-14)15(18)19-11-13-5-3-2-4-6-13;/h2-6,12,14H,7-11,16H2,1H3;1H. The number of nitrogens with two attached hydrogens (primary N) is 1. The number of ether oxygens (including phenoxy) is 1. The Kier molecular flexibility index (Phi) is 6.82. The van der Waals surface area contributed by atoms with Crippen LogP contribution in [-0.4, -0.2) is 30.1 Å². The molecule has 5 heteroatoms. The summed E-state index contributed by atoms with van der Waals surface area (Å²) in [6.45, 7) is 3.88. The van der Waals surface area contributed by atoms with Crippen molar-refractivity contribution in [3.05, 3.63) is 35.9 Å². The van der Waals surface area contributed by atoms with Gasteiger partial charge in [0.1, 0.15) is 6.61 Å². The third-order valence-electron chi connectivity index (χ3n) is 3.75. The highest BCUT2D eigenvalue weighted by molar-refractivity contribution is 5.85. The summed E-state index contributed by atoms with van der Waals surface area (Å²) in [5.41, 5.74) is 6.90. The molecule has 112 valence electrons. The van der Waals surface area contributed by atoms with Crippen LogP contribution >= 0.6 is 12.4 Å². The van der Waals surface area contributed by atoms with Crippen LogP contribution in [0.2, 0.25) is 0 Å². The van der Waals surface area contributed by atoms with Gasteiger partial charge in [-0.05, 0) is 31.2 Å². The molecule has 1 aliphatic rings. The van der Waals surface area contributed by atoms with Crippen LogP contribution in [0.25, 0.3) is 0 Å². The summed E-state index contributed by atoms with van der Waals surface area (Å²) in [5.74, 6) is 0.526. The molecule has 1 unspecified atom stereocenters. The number of piperidine rings is 1. The minimum Gasteiger partial charge on any atom is -0.445 e. The summed E-state index contributed by atoms with van der Waals surface area (Å²) < 4.78 is 5.32. The number of hydrogen-bond donors (Lipinski definition) is 1. The van der Waals surface area contributed by atoms with Crippen molar-refractivity contribution < 1.29 is 9.53 Å². The first kappa shape index (κ1) is 16.8. The van der Waals surface area contributed by atoms with E-state index in [-0.39, 0.29) is 24.5 Å². The van der Waals surface area contributed by atoms with Gasteiger partial charge in [0.25, 0.3) is 0 Å². The fraction of sp³-hybridized carbons (Fsp3) is 0.533. The molecule has 1 aromatic rings. The van der Waals surface area contributed by atoms with Crippen LogP contribution in [0.4, 0.5) is 4.79 Å². The lowest BCUT2D eigenvalue weighted by Gasteiger charge is -2.33. The van der Waals surface area contributed by atoms with E-state index in [0.717, 1.165) is 31.5 Å². The second-order valence-electron chi connectivity index (χ2n) is 5.22. The second-order valence-corrected chi connectivity index (χ2v) is 5.22. The average molecular weight is 299 g/mol. The third-order valence-corrected chi connectivity index (χ3v) is 3.75. The molecule has 0 bridgehead atoms. The number of likely N-dealkylation sites (tertiary alicyclic amines) is 1. The van der Waals surface area contributed by atoms with E-state index < -0.39 is 0 Å². The van der Waals surface area contributed by atoms with Gasteiger partial charge in [0.05, 0.1) is 0 Å². The van der Waals surface area contributed by atoms with Gasteiger partial charge in [-0.25, -0.2) is 4.79 Å². The molecular formula is C15H23ClN2O2. The van der Waals surface area contributed by atoms with Crippen molar-refractivity contribution in [2.24, 2.45) is 11.7 Å². The van der Waals surface area contributed by atoms with Crippen LogP contribution < -0.4 is 5.73 Å². The maximum atomic E-state index is 11.9. The molecule has 1 heterocycles. The molecule has 0 spiro atoms. The monoisotopic (exact) mass is 298 g/mol. The third kappa shape index (κ3) is 4.69. The van der Waals surface area contributed by atoms with Gasteiger partial charge in [0, 0.05) is 19.1 Å². The summed E-state index contributed by atoms with van der Waals surface area (Å²) in [5, 5.41) is 0. The molecule has 1 aromatic carbocycles. The lowest BCUT2D eigenvalue weighted by molar-refractivity contribution is 0.0803. The quantitative estimate of drug-likeness (QED) is 0.933. The lowest BCUT2D eigenvalue weighted by atomic mass is 9.91. The first-order chi connectivity index (χ1) is 9.16. The van der Waals surface area contributed by atoms with Gasteiger partial charge in [-0.3, -0.25) is 0 Å². The number of nitrogens with zero attached hydrogens (tertiary/aromatic N) is 1. The van der Waals surface area contributed by atoms with Gasteiger partial charge in [-0.15, -0.1) is 12.4 Å². The molecule has 1 fully saturated rings. The molecule has 2 N–H and O–H groups in total. The van der Waals surface area contributed by atoms with Gasteiger partial charge < -0.3 is 15.4 Å². The van der Waals surface area contributed by atoms with Gasteiger partial charge in [-0.1, -0.05) is 30.3 Å². The Hall–Kier alpha value is -1.26. The normalized spacial score (nSPS) is 17.2. The molecule has 2 rings (SSSR count). The van der Waals surface area contributed by atoms with E-state index in [1.54, 1.807) is 4.90 Å². The Bertz CT molecular complexity index is 404. The summed E-state index contributed by atoms with van der Waals surface area (Å²) in [6.07, 6.45) is 1.72. The minimum atomic E-state index is -0.216. The van der Waals surface area contributed by atoms with Gasteiger partial charge >= 0.3 is 6.09 Å². The van der Waals surface area contributed by atoms with Gasteiger partial charge in [0.15, 0.2) is 0 Å². The Morgan fingerprint density at radius 3 is 2.50 bits per heavy atom. The summed E-state index contributed by atoms with van der Waals surface area (Å²) >= 11 is 0. The highest BCUT2D eigenvalue weighted by atomic mass is 35.5. The van der Waals surface area contributed by atoms with Crippen molar-refractivity contribution >= 4 is 18.5 Å². The molecule has 1 aliphatic heterocycles. The van der Waals surface area contributed by atoms with Crippen molar-refractivity contribution in [3.63, 3.8) is 0 Å². The highest BCUT2D eigenvalue weighted by Gasteiger charge is 2.25. The van der Waals surface area contributed by atoms with Gasteiger partial charge in [-0.2, -0.15) is 0 Å². The fourth-order valence-electron chi connectivity index (χ4n) is 2.42. The number of amides is 1. The Balaban J connectivity index is 0.00000200. The molecule has 4 nitrogen and oxygen atoms in total. The summed E-state index contributed by atoms with van der Waals surface area (Å²) in [6, 6.07) is 9.95. The van der Waals surface area contributed by atoms with Crippen molar-refractivity contribution in [1.82, 2.24) is 4.90 Å². The fourth-order valence-corrected chi connectivity index (χ4v) is 2.42. The molecule has 1 atom stereocenters. The number of carbonyl (C=O) groups is 1. The summed E-state index contributed by atoms with van der Waals surface area (Å²) in [7, 11) is 0. The first-order valence-electron chi connectivity index (χ1n) is 6.88. The van der Waals surface area contributed by atoms with Crippen LogP contribution in [0.5, 0.6) is 0 Å². The topological polar surface area (TPSA) is 55.6 Å². The average Bonchev–Trinajstić information content (AvgIpc) is 2.46. The zero-order chi connectivity index (χ0) is 13.7. The van der Waals surface area contributed by atoms with Crippen LogP contribution in [0, 0.1) is 5.92 Å². The number of hydrogen-bond acceptors (Lipinski definition) is 3. The van der Waals surface area contributed by atoms with Crippen molar-refractivity contribution in [2.75, 3.05) is 13.1 Å². The zero-order valence-electron chi connectivity index (χ0n) is 11.8. The molecule has 1 amide bonds. The molecule has 1 saturated heterocycles. The smallest absolute Gasteiger partial charge is 0.410 e. The van der Waals surface area contributed by atoms with Crippen LogP contribution in [0.3, 0.4) is 0 Å². The maximum Gasteiger partial charge on any atom is 0.410 e. The Morgan fingerprint density at radius 2 is 1.95 bits per heavy atom. The molecule has 0 aromatic heterocycles. The first-order valence-corrected chi connectivity index (χ1v) is 6.88. The van der Waals surface area contributed by atoms with E-state index in [4.69, 9.17) is 10.5 Å². The van der Waals surface area contributed by atoms with E-state index in [0.29, 0.717) is 12.5 Å². The van der Waals surface area contributed by atoms with E-state index >= 15 is 0 Å². The lowest BCUT2D eigenvalue weighted by Crippen LogP contribution is -2.42. The van der Waals surface area contributed by atoms with Gasteiger partial charge in [0.2, 0.25) is 0 Å². The van der Waals surface area contributed by atoms with Crippen molar-refractivity contribution in [1.29, 1.82) is 0 Å². The van der Waals surface area contributed by atoms with Crippen LogP contribution in [0.1, 0.15) is 25.3 Å². The minimum absolute atomic E-state index is 0. The van der Waals surface area contributed by atoms with E-state index in [1.165, 1.54) is 0 Å². The van der Waals surface area contributed by atoms with Crippen LogP contribution in [-0.2, 0) is 11.3 Å². The zero-order valence-corrected chi connectivity index (χ0v) is 12.6. The van der Waals surface area contributed by atoms with Crippen molar-refractivity contribution in [2.45, 2.75) is 32.4 Å². The maximum absolute atomic E-state index is 11.9. The molecule has 0 aliphatic carbocycles. The van der Waals surface area contributed by atoms with E-state index in [9.17, 15) is 4.79 Å². The number of carbonyl (C=O) groups excluding carboxylic acids is 1. The summed E-state index contributed by atoms with van der Waals surface area (Å²) in [4.78, 5) is 13.7. The van der Waals surface area contributed by atoms with Crippen molar-refractivity contribution in [3.8, 4) is 0 Å². The Labute approximate surface area is 126 Å². The number of halogens is 1. The number of rotatable bonds is 3.